The van der Waals surface area contributed by atoms with Gasteiger partial charge in [0.15, 0.2) is 5.41 Å². The Labute approximate surface area is 129 Å². The summed E-state index contributed by atoms with van der Waals surface area (Å²) >= 11 is 0. The molecule has 2 aliphatic rings. The maximum absolute atomic E-state index is 11.9. The van der Waals surface area contributed by atoms with Crippen LogP contribution in [-0.2, 0) is 23.8 Å². The van der Waals surface area contributed by atoms with Crippen molar-refractivity contribution in [1.29, 1.82) is 0 Å². The summed E-state index contributed by atoms with van der Waals surface area (Å²) < 4.78 is 15.1. The molecule has 97 valence electrons. The monoisotopic (exact) mass is 265 g/mol. The van der Waals surface area contributed by atoms with Gasteiger partial charge in [-0.05, 0) is 26.7 Å². The predicted molar refractivity (Wildman–Crippen MR) is 63.9 cm³/mol. The molecule has 0 aromatic heterocycles. The van der Waals surface area contributed by atoms with Gasteiger partial charge in [0.2, 0.25) is 0 Å². The van der Waals surface area contributed by atoms with E-state index in [1.807, 2.05) is 0 Å². The molecule has 0 aromatic carbocycles. The zero-order valence-electron chi connectivity index (χ0n) is 11.3. The van der Waals surface area contributed by atoms with Gasteiger partial charge < -0.3 is 14.2 Å². The molecule has 6 heteroatoms. The van der Waals surface area contributed by atoms with Gasteiger partial charge in [-0.2, -0.15) is 0 Å². The Kier molecular flexibility index (Phi) is 5.23. The average molecular weight is 265 g/mol. The zero-order valence-corrected chi connectivity index (χ0v) is 13.3. The molecule has 0 aromatic rings. The Morgan fingerprint density at radius 1 is 1.06 bits per heavy atom. The van der Waals surface area contributed by atoms with Gasteiger partial charge in [0.1, 0.15) is 0 Å². The molecule has 1 radical (unpaired) electrons. The molecule has 1 aliphatic carbocycles. The van der Waals surface area contributed by atoms with Crippen molar-refractivity contribution in [3.8, 4) is 0 Å². The van der Waals surface area contributed by atoms with Gasteiger partial charge in [-0.25, -0.2) is 0 Å². The molecule has 1 saturated carbocycles. The van der Waals surface area contributed by atoms with Crippen LogP contribution in [0.5, 0.6) is 0 Å². The van der Waals surface area contributed by atoms with Crippen molar-refractivity contribution in [1.82, 2.24) is 0 Å². The fourth-order valence-electron chi connectivity index (χ4n) is 2.73. The van der Waals surface area contributed by atoms with Crippen LogP contribution in [-0.4, -0.2) is 67.9 Å². The number of carbonyl (C=O) groups excluding carboxylic acids is 2. The van der Waals surface area contributed by atoms with Crippen molar-refractivity contribution in [2.45, 2.75) is 26.7 Å². The van der Waals surface area contributed by atoms with Crippen LogP contribution in [0.25, 0.3) is 0 Å². The SMILES string of the molecule is CCOC(=O)C1(C(=O)OCC)CC2(COC2)C1.[Na]. The van der Waals surface area contributed by atoms with Gasteiger partial charge in [0.25, 0.3) is 0 Å². The van der Waals surface area contributed by atoms with Gasteiger partial charge in [0.05, 0.1) is 26.4 Å². The number of esters is 2. The predicted octanol–water partition coefficient (Wildman–Crippen LogP) is 0.529. The van der Waals surface area contributed by atoms with Crippen molar-refractivity contribution < 1.29 is 23.8 Å². The van der Waals surface area contributed by atoms with E-state index in [1.165, 1.54) is 0 Å². The Morgan fingerprint density at radius 3 is 1.78 bits per heavy atom. The Morgan fingerprint density at radius 2 is 1.50 bits per heavy atom. The Bertz CT molecular complexity index is 309. The fraction of sp³-hybridized carbons (Fsp3) is 0.833. The molecule has 18 heavy (non-hydrogen) atoms. The molecule has 0 bridgehead atoms. The van der Waals surface area contributed by atoms with E-state index in [4.69, 9.17) is 14.2 Å². The van der Waals surface area contributed by atoms with E-state index in [0.29, 0.717) is 26.1 Å². The summed E-state index contributed by atoms with van der Waals surface area (Å²) in [6.45, 7) is 5.30. The van der Waals surface area contributed by atoms with Crippen LogP contribution < -0.4 is 0 Å². The van der Waals surface area contributed by atoms with Gasteiger partial charge >= 0.3 is 11.9 Å². The molecule has 0 unspecified atom stereocenters. The molecule has 2 fully saturated rings. The van der Waals surface area contributed by atoms with E-state index in [-0.39, 0.29) is 48.2 Å². The van der Waals surface area contributed by atoms with E-state index in [9.17, 15) is 9.59 Å². The van der Waals surface area contributed by atoms with Crippen LogP contribution in [0.1, 0.15) is 26.7 Å². The molecule has 1 spiro atoms. The third kappa shape index (κ3) is 2.46. The summed E-state index contributed by atoms with van der Waals surface area (Å²) in [5, 5.41) is 0. The molecule has 2 rings (SSSR count). The van der Waals surface area contributed by atoms with E-state index in [0.717, 1.165) is 0 Å². The number of ether oxygens (including phenoxy) is 3. The summed E-state index contributed by atoms with van der Waals surface area (Å²) in [5.41, 5.74) is -1.06. The van der Waals surface area contributed by atoms with Gasteiger partial charge in [-0.1, -0.05) is 0 Å². The summed E-state index contributed by atoms with van der Waals surface area (Å²) in [7, 11) is 0. The summed E-state index contributed by atoms with van der Waals surface area (Å²) in [5.74, 6) is -0.896. The Balaban J connectivity index is 0.00000162. The smallest absolute Gasteiger partial charge is 0.323 e. The van der Waals surface area contributed by atoms with Crippen molar-refractivity contribution in [3.63, 3.8) is 0 Å². The van der Waals surface area contributed by atoms with Crippen molar-refractivity contribution in [2.24, 2.45) is 10.8 Å². The fourth-order valence-corrected chi connectivity index (χ4v) is 2.73. The molecular weight excluding hydrogens is 247 g/mol. The summed E-state index contributed by atoms with van der Waals surface area (Å²) in [4.78, 5) is 23.9. The third-order valence-corrected chi connectivity index (χ3v) is 3.50. The number of carbonyl (C=O) groups is 2. The van der Waals surface area contributed by atoms with Crippen molar-refractivity contribution >= 4 is 41.5 Å². The Hall–Kier alpha value is -0.100. The number of rotatable bonds is 4. The molecule has 1 saturated heterocycles. The van der Waals surface area contributed by atoms with E-state index < -0.39 is 17.4 Å². The number of hydrogen-bond acceptors (Lipinski definition) is 5. The second-order valence-corrected chi connectivity index (χ2v) is 4.87. The maximum atomic E-state index is 11.9. The van der Waals surface area contributed by atoms with Crippen LogP contribution in [0.2, 0.25) is 0 Å². The molecule has 5 nitrogen and oxygen atoms in total. The largest absolute Gasteiger partial charge is 0.465 e. The minimum absolute atomic E-state index is 0. The summed E-state index contributed by atoms with van der Waals surface area (Å²) in [6.07, 6.45) is 0.995. The first-order chi connectivity index (χ1) is 8.08. The van der Waals surface area contributed by atoms with Gasteiger partial charge in [-0.3, -0.25) is 9.59 Å². The second-order valence-electron chi connectivity index (χ2n) is 4.87. The van der Waals surface area contributed by atoms with Crippen LogP contribution in [0.15, 0.2) is 0 Å². The first-order valence-electron chi connectivity index (χ1n) is 6.01. The van der Waals surface area contributed by atoms with E-state index in [2.05, 4.69) is 0 Å². The minimum atomic E-state index is -1.07. The van der Waals surface area contributed by atoms with Gasteiger partial charge in [0, 0.05) is 35.0 Å². The number of hydrogen-bond donors (Lipinski definition) is 0. The second kappa shape index (κ2) is 5.90. The first kappa shape index (κ1) is 16.0. The zero-order chi connectivity index (χ0) is 12.5. The van der Waals surface area contributed by atoms with Crippen LogP contribution in [0.4, 0.5) is 0 Å². The molecular formula is C12H18NaO5. The van der Waals surface area contributed by atoms with E-state index in [1.54, 1.807) is 13.8 Å². The molecule has 1 aliphatic heterocycles. The topological polar surface area (TPSA) is 61.8 Å². The molecule has 1 heterocycles. The quantitative estimate of drug-likeness (QED) is 0.421. The first-order valence-corrected chi connectivity index (χ1v) is 6.01. The third-order valence-electron chi connectivity index (χ3n) is 3.50. The summed E-state index contributed by atoms with van der Waals surface area (Å²) in [6, 6.07) is 0. The molecule has 0 atom stereocenters. The van der Waals surface area contributed by atoms with E-state index >= 15 is 0 Å². The molecule has 0 N–H and O–H groups in total. The van der Waals surface area contributed by atoms with Crippen LogP contribution >= 0.6 is 0 Å². The maximum Gasteiger partial charge on any atom is 0.323 e. The average Bonchev–Trinajstić information content (AvgIpc) is 2.14. The van der Waals surface area contributed by atoms with Crippen LogP contribution in [0.3, 0.4) is 0 Å². The van der Waals surface area contributed by atoms with Crippen LogP contribution in [0, 0.1) is 10.8 Å². The molecule has 0 amide bonds. The van der Waals surface area contributed by atoms with Crippen molar-refractivity contribution in [2.75, 3.05) is 26.4 Å². The minimum Gasteiger partial charge on any atom is -0.465 e. The standard InChI is InChI=1S/C12H18O5.Na/c1-3-16-9(13)12(10(14)17-4-2)5-11(6-12)7-15-8-11;/h3-8H2,1-2H3;. The van der Waals surface area contributed by atoms with Crippen molar-refractivity contribution in [3.05, 3.63) is 0 Å². The van der Waals surface area contributed by atoms with Gasteiger partial charge in [-0.15, -0.1) is 0 Å². The normalized spacial score (nSPS) is 22.1.